The fourth-order valence-corrected chi connectivity index (χ4v) is 2.24. The van der Waals surface area contributed by atoms with Gasteiger partial charge in [-0.05, 0) is 38.9 Å². The largest absolute Gasteiger partial charge is 0.389 e. The van der Waals surface area contributed by atoms with Crippen molar-refractivity contribution in [2.75, 3.05) is 18.9 Å². The van der Waals surface area contributed by atoms with Crippen LogP contribution in [0.4, 0.5) is 14.5 Å². The minimum absolute atomic E-state index is 0.0174. The molecule has 1 fully saturated rings. The first-order valence-corrected chi connectivity index (χ1v) is 7.05. The molecule has 0 amide bonds. The van der Waals surface area contributed by atoms with E-state index in [2.05, 4.69) is 10.2 Å². The van der Waals surface area contributed by atoms with Crippen LogP contribution in [-0.4, -0.2) is 35.6 Å². The lowest BCUT2D eigenvalue weighted by molar-refractivity contribution is 0.257. The van der Waals surface area contributed by atoms with Gasteiger partial charge in [0.1, 0.15) is 22.3 Å². The van der Waals surface area contributed by atoms with E-state index in [-0.39, 0.29) is 22.3 Å². The molecule has 1 saturated carbocycles. The number of nitrogens with one attached hydrogen (secondary N) is 1. The molecule has 0 radical (unpaired) electrons. The van der Waals surface area contributed by atoms with Gasteiger partial charge in [0.15, 0.2) is 0 Å². The Morgan fingerprint density at radius 2 is 2.00 bits per heavy atom. The van der Waals surface area contributed by atoms with E-state index in [4.69, 9.17) is 18.0 Å². The Kier molecular flexibility index (Phi) is 4.55. The average Bonchev–Trinajstić information content (AvgIpc) is 3.20. The topological polar surface area (TPSA) is 41.3 Å². The van der Waals surface area contributed by atoms with Gasteiger partial charge < -0.3 is 11.1 Å². The van der Waals surface area contributed by atoms with E-state index in [1.165, 1.54) is 12.8 Å². The van der Waals surface area contributed by atoms with Crippen molar-refractivity contribution in [3.8, 4) is 0 Å². The smallest absolute Gasteiger partial charge is 0.150 e. The van der Waals surface area contributed by atoms with Crippen LogP contribution in [0.5, 0.6) is 0 Å². The van der Waals surface area contributed by atoms with Gasteiger partial charge in [-0.15, -0.1) is 0 Å². The zero-order valence-corrected chi connectivity index (χ0v) is 12.4. The maximum Gasteiger partial charge on any atom is 0.150 e. The molecule has 6 heteroatoms. The second-order valence-corrected chi connectivity index (χ2v) is 5.75. The molecule has 20 heavy (non-hydrogen) atoms. The maximum absolute atomic E-state index is 13.9. The molecule has 3 N–H and O–H groups in total. The van der Waals surface area contributed by atoms with Crippen LogP contribution in [0.25, 0.3) is 0 Å². The van der Waals surface area contributed by atoms with Crippen LogP contribution in [0.3, 0.4) is 0 Å². The Labute approximate surface area is 123 Å². The zero-order chi connectivity index (χ0) is 14.9. The van der Waals surface area contributed by atoms with Crippen molar-refractivity contribution < 1.29 is 8.78 Å². The molecule has 1 unspecified atom stereocenters. The molecule has 1 atom stereocenters. The van der Waals surface area contributed by atoms with E-state index in [1.54, 1.807) is 0 Å². The van der Waals surface area contributed by atoms with Crippen LogP contribution < -0.4 is 11.1 Å². The lowest BCUT2D eigenvalue weighted by Crippen LogP contribution is -2.36. The summed E-state index contributed by atoms with van der Waals surface area (Å²) in [5, 5.41) is 2.83. The molecule has 2 rings (SSSR count). The zero-order valence-electron chi connectivity index (χ0n) is 11.6. The number of nitrogens with two attached hydrogens (primary N) is 1. The van der Waals surface area contributed by atoms with E-state index in [0.717, 1.165) is 12.1 Å². The molecule has 0 saturated heterocycles. The Bertz CT molecular complexity index is 494. The molecule has 0 aliphatic heterocycles. The predicted molar refractivity (Wildman–Crippen MR) is 81.0 cm³/mol. The summed E-state index contributed by atoms with van der Waals surface area (Å²) in [6.07, 6.45) is 2.40. The number of hydrogen-bond donors (Lipinski definition) is 2. The Hall–Kier alpha value is -1.27. The molecular weight excluding hydrogens is 280 g/mol. The highest BCUT2D eigenvalue weighted by Gasteiger charge is 2.29. The third-order valence-electron chi connectivity index (χ3n) is 3.72. The summed E-state index contributed by atoms with van der Waals surface area (Å²) in [5.41, 5.74) is 5.45. The van der Waals surface area contributed by atoms with Crippen LogP contribution in [0, 0.1) is 11.6 Å². The number of hydrogen-bond acceptors (Lipinski definition) is 3. The summed E-state index contributed by atoms with van der Waals surface area (Å²) < 4.78 is 27.7. The highest BCUT2D eigenvalue weighted by molar-refractivity contribution is 7.80. The Morgan fingerprint density at radius 1 is 1.45 bits per heavy atom. The molecule has 0 heterocycles. The average molecular weight is 299 g/mol. The number of thiocarbonyl (C=S) groups is 1. The molecular formula is C14H19F2N3S. The maximum atomic E-state index is 13.9. The van der Waals surface area contributed by atoms with Crippen LogP contribution in [0.15, 0.2) is 12.1 Å². The summed E-state index contributed by atoms with van der Waals surface area (Å²) in [6, 6.07) is 3.13. The molecule has 1 aliphatic rings. The third kappa shape index (κ3) is 3.43. The lowest BCUT2D eigenvalue weighted by atomic mass is 10.1. The van der Waals surface area contributed by atoms with Crippen molar-refractivity contribution in [3.05, 3.63) is 29.3 Å². The number of benzene rings is 1. The van der Waals surface area contributed by atoms with Crippen molar-refractivity contribution in [2.24, 2.45) is 5.73 Å². The molecule has 3 nitrogen and oxygen atoms in total. The van der Waals surface area contributed by atoms with Crippen molar-refractivity contribution in [2.45, 2.75) is 31.8 Å². The van der Waals surface area contributed by atoms with E-state index >= 15 is 0 Å². The fraction of sp³-hybridized carbons (Fsp3) is 0.500. The second kappa shape index (κ2) is 6.01. The van der Waals surface area contributed by atoms with Gasteiger partial charge in [-0.25, -0.2) is 8.78 Å². The first-order valence-electron chi connectivity index (χ1n) is 6.64. The summed E-state index contributed by atoms with van der Waals surface area (Å²) >= 11 is 4.72. The summed E-state index contributed by atoms with van der Waals surface area (Å²) in [6.45, 7) is 2.51. The predicted octanol–water partition coefficient (Wildman–Crippen LogP) is 2.49. The molecule has 0 aromatic heterocycles. The standard InChI is InChI=1S/C14H19F2N3S/c1-8(19(2)10-3-4-10)7-18-13-11(15)5-9(14(17)20)6-12(13)16/h5-6,8,10,18H,3-4,7H2,1-2H3,(H2,17,20). The van der Waals surface area contributed by atoms with Crippen molar-refractivity contribution in [1.29, 1.82) is 0 Å². The summed E-state index contributed by atoms with van der Waals surface area (Å²) in [4.78, 5) is 2.21. The van der Waals surface area contributed by atoms with Crippen molar-refractivity contribution in [1.82, 2.24) is 4.90 Å². The summed E-state index contributed by atoms with van der Waals surface area (Å²) in [7, 11) is 2.03. The van der Waals surface area contributed by atoms with E-state index in [1.807, 2.05) is 14.0 Å². The molecule has 0 spiro atoms. The van der Waals surface area contributed by atoms with Gasteiger partial charge in [-0.1, -0.05) is 12.2 Å². The lowest BCUT2D eigenvalue weighted by Gasteiger charge is -2.25. The molecule has 0 bridgehead atoms. The van der Waals surface area contributed by atoms with Gasteiger partial charge in [0.2, 0.25) is 0 Å². The van der Waals surface area contributed by atoms with Gasteiger partial charge in [0.25, 0.3) is 0 Å². The van der Waals surface area contributed by atoms with Gasteiger partial charge >= 0.3 is 0 Å². The Morgan fingerprint density at radius 3 is 2.45 bits per heavy atom. The number of anilines is 1. The van der Waals surface area contributed by atoms with Crippen molar-refractivity contribution in [3.63, 3.8) is 0 Å². The van der Waals surface area contributed by atoms with E-state index in [9.17, 15) is 8.78 Å². The second-order valence-electron chi connectivity index (χ2n) is 5.31. The third-order valence-corrected chi connectivity index (χ3v) is 3.95. The van der Waals surface area contributed by atoms with Crippen LogP contribution >= 0.6 is 12.2 Å². The number of nitrogens with zero attached hydrogens (tertiary/aromatic N) is 1. The van der Waals surface area contributed by atoms with E-state index in [0.29, 0.717) is 12.6 Å². The first kappa shape index (κ1) is 15.1. The van der Waals surface area contributed by atoms with Crippen LogP contribution in [0.2, 0.25) is 0 Å². The molecule has 1 aromatic carbocycles. The fourth-order valence-electron chi connectivity index (χ4n) is 2.12. The molecule has 1 aliphatic carbocycles. The van der Waals surface area contributed by atoms with Gasteiger partial charge in [0, 0.05) is 24.2 Å². The first-order chi connectivity index (χ1) is 9.40. The number of halogens is 2. The van der Waals surface area contributed by atoms with Gasteiger partial charge in [-0.2, -0.15) is 0 Å². The van der Waals surface area contributed by atoms with E-state index < -0.39 is 11.6 Å². The SMILES string of the molecule is CC(CNc1c(F)cc(C(N)=S)cc1F)N(C)C1CC1. The minimum atomic E-state index is -0.672. The number of likely N-dealkylation sites (N-methyl/N-ethyl adjacent to an activating group) is 1. The highest BCUT2D eigenvalue weighted by atomic mass is 32.1. The van der Waals surface area contributed by atoms with Gasteiger partial charge in [-0.3, -0.25) is 4.90 Å². The highest BCUT2D eigenvalue weighted by Crippen LogP contribution is 2.27. The van der Waals surface area contributed by atoms with Crippen LogP contribution in [0.1, 0.15) is 25.3 Å². The van der Waals surface area contributed by atoms with Gasteiger partial charge in [0.05, 0.1) is 0 Å². The minimum Gasteiger partial charge on any atom is -0.389 e. The van der Waals surface area contributed by atoms with Crippen molar-refractivity contribution >= 4 is 22.9 Å². The van der Waals surface area contributed by atoms with Crippen LogP contribution in [-0.2, 0) is 0 Å². The molecule has 110 valence electrons. The quantitative estimate of drug-likeness (QED) is 0.792. The molecule has 1 aromatic rings. The Balaban J connectivity index is 2.03. The monoisotopic (exact) mass is 299 g/mol. The normalized spacial score (nSPS) is 16.2. The summed E-state index contributed by atoms with van der Waals surface area (Å²) in [5.74, 6) is -1.34. The number of rotatable bonds is 6.